The summed E-state index contributed by atoms with van der Waals surface area (Å²) in [5, 5.41) is 9.03. The van der Waals surface area contributed by atoms with Gasteiger partial charge >= 0.3 is 0 Å². The molecular weight excluding hydrogens is 256 g/mol. The van der Waals surface area contributed by atoms with Gasteiger partial charge in [0.2, 0.25) is 0 Å². The van der Waals surface area contributed by atoms with Gasteiger partial charge in [-0.05, 0) is 12.1 Å². The van der Waals surface area contributed by atoms with Gasteiger partial charge in [0.1, 0.15) is 11.5 Å². The second-order valence-electron chi connectivity index (χ2n) is 3.81. The average Bonchev–Trinajstić information content (AvgIpc) is 2.41. The lowest BCUT2D eigenvalue weighted by Crippen LogP contribution is -2.45. The fourth-order valence-corrected chi connectivity index (χ4v) is 1.85. The highest BCUT2D eigenvalue weighted by molar-refractivity contribution is 6.33. The van der Waals surface area contributed by atoms with Crippen LogP contribution in [0.4, 0.5) is 5.82 Å². The second kappa shape index (κ2) is 5.21. The van der Waals surface area contributed by atoms with E-state index in [1.54, 1.807) is 0 Å². The molecule has 0 aromatic carbocycles. The number of amides is 1. The topological polar surface area (TPSA) is 92.2 Å². The lowest BCUT2D eigenvalue weighted by molar-refractivity contribution is 0.00322. The summed E-state index contributed by atoms with van der Waals surface area (Å²) in [7, 11) is 0. The van der Waals surface area contributed by atoms with Gasteiger partial charge in [-0.2, -0.15) is 5.26 Å². The van der Waals surface area contributed by atoms with Crippen molar-refractivity contribution in [2.45, 2.75) is 6.10 Å². The Morgan fingerprint density at radius 1 is 1.67 bits per heavy atom. The maximum atomic E-state index is 12.2. The molecule has 1 unspecified atom stereocenters. The van der Waals surface area contributed by atoms with E-state index in [0.29, 0.717) is 13.2 Å². The first kappa shape index (κ1) is 12.6. The molecule has 1 aliphatic rings. The number of anilines is 1. The van der Waals surface area contributed by atoms with Gasteiger partial charge in [-0.15, -0.1) is 0 Å². The number of nitrogens with two attached hydrogens (primary N) is 1. The summed E-state index contributed by atoms with van der Waals surface area (Å²) in [6, 6.07) is 5.02. The van der Waals surface area contributed by atoms with Crippen LogP contribution in [0.15, 0.2) is 12.1 Å². The number of hydrogen-bond acceptors (Lipinski definition) is 5. The molecule has 2 heterocycles. The zero-order chi connectivity index (χ0) is 13.1. The van der Waals surface area contributed by atoms with E-state index in [2.05, 4.69) is 4.98 Å². The molecule has 7 heteroatoms. The minimum atomic E-state index is -0.609. The van der Waals surface area contributed by atoms with E-state index in [1.807, 2.05) is 6.07 Å². The number of pyridine rings is 1. The molecule has 2 N–H and O–H groups in total. The number of carbonyl (C=O) groups is 1. The van der Waals surface area contributed by atoms with E-state index in [1.165, 1.54) is 17.0 Å². The molecule has 6 nitrogen and oxygen atoms in total. The van der Waals surface area contributed by atoms with Crippen molar-refractivity contribution in [1.29, 1.82) is 5.26 Å². The number of hydrogen-bond donors (Lipinski definition) is 1. The zero-order valence-electron chi connectivity index (χ0n) is 9.47. The second-order valence-corrected chi connectivity index (χ2v) is 4.21. The fourth-order valence-electron chi connectivity index (χ4n) is 1.67. The van der Waals surface area contributed by atoms with Gasteiger partial charge in [0.05, 0.1) is 24.2 Å². The van der Waals surface area contributed by atoms with Crippen molar-refractivity contribution < 1.29 is 9.53 Å². The number of carbonyl (C=O) groups excluding carboxylic acids is 1. The van der Waals surface area contributed by atoms with Crippen LogP contribution < -0.4 is 5.73 Å². The third kappa shape index (κ3) is 2.53. The Labute approximate surface area is 109 Å². The maximum absolute atomic E-state index is 12.2. The first-order valence-corrected chi connectivity index (χ1v) is 5.72. The summed E-state index contributed by atoms with van der Waals surface area (Å²) in [5.41, 5.74) is 5.64. The van der Waals surface area contributed by atoms with Crippen molar-refractivity contribution in [3.05, 3.63) is 22.8 Å². The Bertz CT molecular complexity index is 514. The number of nitrogens with zero attached hydrogens (tertiary/aromatic N) is 3. The van der Waals surface area contributed by atoms with Crippen molar-refractivity contribution >= 4 is 23.3 Å². The number of rotatable bonds is 1. The molecule has 1 saturated heterocycles. The molecule has 0 bridgehead atoms. The van der Waals surface area contributed by atoms with Crippen molar-refractivity contribution in [2.75, 3.05) is 25.4 Å². The van der Waals surface area contributed by atoms with E-state index in [9.17, 15) is 4.79 Å². The minimum absolute atomic E-state index is 0.107. The lowest BCUT2D eigenvalue weighted by atomic mass is 10.2. The summed E-state index contributed by atoms with van der Waals surface area (Å²) in [4.78, 5) is 17.6. The SMILES string of the molecule is N#CC1CN(C(=O)c2nc(N)ccc2Cl)CCO1. The highest BCUT2D eigenvalue weighted by atomic mass is 35.5. The fraction of sp³-hybridized carbons (Fsp3) is 0.364. The van der Waals surface area contributed by atoms with Gasteiger partial charge < -0.3 is 15.4 Å². The van der Waals surface area contributed by atoms with Gasteiger partial charge in [-0.25, -0.2) is 4.98 Å². The van der Waals surface area contributed by atoms with Crippen molar-refractivity contribution in [3.8, 4) is 6.07 Å². The van der Waals surface area contributed by atoms with E-state index in [4.69, 9.17) is 27.3 Å². The molecule has 2 rings (SSSR count). The Morgan fingerprint density at radius 3 is 3.17 bits per heavy atom. The van der Waals surface area contributed by atoms with Crippen LogP contribution in [0.3, 0.4) is 0 Å². The van der Waals surface area contributed by atoms with Crippen LogP contribution in [0.2, 0.25) is 5.02 Å². The van der Waals surface area contributed by atoms with Crippen LogP contribution in [-0.2, 0) is 4.74 Å². The summed E-state index contributed by atoms with van der Waals surface area (Å²) < 4.78 is 5.16. The summed E-state index contributed by atoms with van der Waals surface area (Å²) in [5.74, 6) is -0.108. The summed E-state index contributed by atoms with van der Waals surface area (Å²) in [6.45, 7) is 0.940. The molecule has 0 aliphatic carbocycles. The van der Waals surface area contributed by atoms with Gasteiger partial charge in [0.15, 0.2) is 6.10 Å². The standard InChI is InChI=1S/C11H11ClN4O2/c12-8-1-2-9(14)15-10(8)11(17)16-3-4-18-7(5-13)6-16/h1-2,7H,3-4,6H2,(H2,14,15). The molecule has 0 spiro atoms. The molecule has 0 saturated carbocycles. The van der Waals surface area contributed by atoms with E-state index >= 15 is 0 Å². The van der Waals surface area contributed by atoms with Crippen molar-refractivity contribution in [2.24, 2.45) is 0 Å². The van der Waals surface area contributed by atoms with Crippen molar-refractivity contribution in [1.82, 2.24) is 9.88 Å². The maximum Gasteiger partial charge on any atom is 0.274 e. The highest BCUT2D eigenvalue weighted by Crippen LogP contribution is 2.18. The number of ether oxygens (including phenoxy) is 1. The summed E-state index contributed by atoms with van der Waals surface area (Å²) >= 11 is 5.92. The zero-order valence-corrected chi connectivity index (χ0v) is 10.2. The van der Waals surface area contributed by atoms with Crippen LogP contribution in [0.1, 0.15) is 10.5 Å². The Morgan fingerprint density at radius 2 is 2.44 bits per heavy atom. The smallest absolute Gasteiger partial charge is 0.274 e. The van der Waals surface area contributed by atoms with E-state index in [0.717, 1.165) is 0 Å². The van der Waals surface area contributed by atoms with Crippen LogP contribution in [0.5, 0.6) is 0 Å². The molecule has 18 heavy (non-hydrogen) atoms. The Balaban J connectivity index is 2.21. The van der Waals surface area contributed by atoms with Crippen LogP contribution in [0, 0.1) is 11.3 Å². The molecule has 94 valence electrons. The molecular formula is C11H11ClN4O2. The largest absolute Gasteiger partial charge is 0.384 e. The molecule has 1 aliphatic heterocycles. The third-order valence-electron chi connectivity index (χ3n) is 2.57. The monoisotopic (exact) mass is 266 g/mol. The molecule has 1 fully saturated rings. The quantitative estimate of drug-likeness (QED) is 0.807. The number of morpholine rings is 1. The van der Waals surface area contributed by atoms with Gasteiger partial charge in [0.25, 0.3) is 5.91 Å². The van der Waals surface area contributed by atoms with Crippen LogP contribution >= 0.6 is 11.6 Å². The number of nitrogen functional groups attached to an aromatic ring is 1. The molecule has 1 aromatic rings. The molecule has 1 amide bonds. The first-order valence-electron chi connectivity index (χ1n) is 5.34. The first-order chi connectivity index (χ1) is 8.61. The predicted molar refractivity (Wildman–Crippen MR) is 64.9 cm³/mol. The van der Waals surface area contributed by atoms with Crippen molar-refractivity contribution in [3.63, 3.8) is 0 Å². The molecule has 0 radical (unpaired) electrons. The molecule has 1 aromatic heterocycles. The molecule has 1 atom stereocenters. The van der Waals surface area contributed by atoms with Crippen LogP contribution in [0.25, 0.3) is 0 Å². The van der Waals surface area contributed by atoms with Gasteiger partial charge in [-0.3, -0.25) is 4.79 Å². The van der Waals surface area contributed by atoms with E-state index < -0.39 is 6.10 Å². The lowest BCUT2D eigenvalue weighted by Gasteiger charge is -2.29. The average molecular weight is 267 g/mol. The van der Waals surface area contributed by atoms with Gasteiger partial charge in [-0.1, -0.05) is 11.6 Å². The predicted octanol–water partition coefficient (Wildman–Crippen LogP) is 0.682. The van der Waals surface area contributed by atoms with Gasteiger partial charge in [0, 0.05) is 6.54 Å². The number of nitriles is 1. The normalized spacial score (nSPS) is 19.3. The highest BCUT2D eigenvalue weighted by Gasteiger charge is 2.26. The Hall–Kier alpha value is -1.84. The van der Waals surface area contributed by atoms with E-state index in [-0.39, 0.29) is 29.0 Å². The summed E-state index contributed by atoms with van der Waals surface area (Å²) in [6.07, 6.45) is -0.609. The Kier molecular flexibility index (Phi) is 3.65. The number of halogens is 1. The van der Waals surface area contributed by atoms with Crippen LogP contribution in [-0.4, -0.2) is 41.6 Å². The minimum Gasteiger partial charge on any atom is -0.384 e. The third-order valence-corrected chi connectivity index (χ3v) is 2.87. The number of aromatic nitrogens is 1.